The van der Waals surface area contributed by atoms with Gasteiger partial charge in [0.2, 0.25) is 0 Å². The number of H-pyrrole nitrogens is 1. The molecule has 1 saturated heterocycles. The number of halogens is 2. The number of benzene rings is 3. The first-order chi connectivity index (χ1) is 18.0. The number of hydrogen-bond acceptors (Lipinski definition) is 3. The second kappa shape index (κ2) is 9.27. The van der Waals surface area contributed by atoms with Crippen molar-refractivity contribution in [3.05, 3.63) is 117 Å². The number of aromatic nitrogens is 1. The Balaban J connectivity index is 1.32. The highest BCUT2D eigenvalue weighted by atomic mass is 19.1. The molecule has 4 aromatic rings. The van der Waals surface area contributed by atoms with Gasteiger partial charge in [-0.05, 0) is 71.5 Å². The van der Waals surface area contributed by atoms with Crippen LogP contribution in [0, 0.1) is 11.6 Å². The van der Waals surface area contributed by atoms with Crippen LogP contribution in [0.4, 0.5) is 14.6 Å². The summed E-state index contributed by atoms with van der Waals surface area (Å²) in [5, 5.41) is 11.0. The largest absolute Gasteiger partial charge is 0.392 e. The third kappa shape index (κ3) is 4.15. The smallest absolute Gasteiger partial charge is 0.257 e. The van der Waals surface area contributed by atoms with Gasteiger partial charge in [-0.1, -0.05) is 48.5 Å². The second-order valence-corrected chi connectivity index (χ2v) is 10.2. The molecule has 37 heavy (non-hydrogen) atoms. The van der Waals surface area contributed by atoms with E-state index < -0.39 is 17.0 Å². The number of hydrogen-bond donors (Lipinski definition) is 2. The van der Waals surface area contributed by atoms with Crippen LogP contribution in [0.15, 0.2) is 77.6 Å². The molecule has 0 atom stereocenters. The zero-order chi connectivity index (χ0) is 25.6. The number of fused-ring (bicyclic) bond motifs is 3. The van der Waals surface area contributed by atoms with Gasteiger partial charge in [0.15, 0.2) is 0 Å². The maximum absolute atomic E-state index is 15.5. The van der Waals surface area contributed by atoms with E-state index in [4.69, 9.17) is 0 Å². The van der Waals surface area contributed by atoms with Crippen LogP contribution in [0.5, 0.6) is 0 Å². The zero-order valence-electron chi connectivity index (χ0n) is 20.4. The predicted octanol–water partition coefficient (Wildman–Crippen LogP) is 5.87. The summed E-state index contributed by atoms with van der Waals surface area (Å²) in [4.78, 5) is 17.9. The molecule has 3 aromatic carbocycles. The van der Waals surface area contributed by atoms with Gasteiger partial charge < -0.3 is 15.0 Å². The van der Waals surface area contributed by atoms with E-state index in [2.05, 4.69) is 16.0 Å². The van der Waals surface area contributed by atoms with Crippen molar-refractivity contribution < 1.29 is 13.9 Å². The number of anilines is 1. The Kier molecular flexibility index (Phi) is 5.92. The van der Waals surface area contributed by atoms with Gasteiger partial charge in [-0.15, -0.1) is 0 Å². The lowest BCUT2D eigenvalue weighted by molar-refractivity contribution is 0.283. The molecule has 1 spiro atoms. The number of rotatable bonds is 4. The van der Waals surface area contributed by atoms with Gasteiger partial charge >= 0.3 is 0 Å². The summed E-state index contributed by atoms with van der Waals surface area (Å²) in [5.74, 6) is -0.337. The van der Waals surface area contributed by atoms with Gasteiger partial charge in [0.1, 0.15) is 17.5 Å². The minimum absolute atomic E-state index is 0.145. The van der Waals surface area contributed by atoms with Crippen LogP contribution < -0.4 is 10.5 Å². The molecule has 1 fully saturated rings. The lowest BCUT2D eigenvalue weighted by atomic mass is 9.64. The van der Waals surface area contributed by atoms with Gasteiger partial charge in [0, 0.05) is 35.5 Å². The number of allylic oxidation sites excluding steroid dienone is 2. The number of nitrogens with one attached hydrogen (secondary N) is 1. The first-order valence-electron chi connectivity index (χ1n) is 12.7. The van der Waals surface area contributed by atoms with E-state index in [0.717, 1.165) is 22.6 Å². The molecule has 6 heteroatoms. The maximum atomic E-state index is 15.5. The third-order valence-electron chi connectivity index (χ3n) is 8.10. The van der Waals surface area contributed by atoms with Gasteiger partial charge in [0.25, 0.3) is 5.56 Å². The van der Waals surface area contributed by atoms with Crippen LogP contribution in [-0.4, -0.2) is 23.2 Å². The Hall–Kier alpha value is -3.77. The molecule has 4 nitrogen and oxygen atoms in total. The molecule has 0 unspecified atom stereocenters. The highest BCUT2D eigenvalue weighted by Crippen LogP contribution is 2.48. The topological polar surface area (TPSA) is 56.3 Å². The monoisotopic (exact) mass is 498 g/mol. The molecule has 0 amide bonds. The summed E-state index contributed by atoms with van der Waals surface area (Å²) in [6.45, 7) is 1.11. The molecule has 1 aliphatic carbocycles. The highest BCUT2D eigenvalue weighted by molar-refractivity contribution is 5.87. The summed E-state index contributed by atoms with van der Waals surface area (Å²) >= 11 is 0. The van der Waals surface area contributed by atoms with Crippen molar-refractivity contribution >= 4 is 22.2 Å². The number of nitrogens with zero attached hydrogens (tertiary/aromatic N) is 1. The Morgan fingerprint density at radius 1 is 0.946 bits per heavy atom. The van der Waals surface area contributed by atoms with Crippen LogP contribution in [0.3, 0.4) is 0 Å². The molecule has 2 aliphatic rings. The summed E-state index contributed by atoms with van der Waals surface area (Å²) in [5.41, 5.74) is 3.46. The average Bonchev–Trinajstić information content (AvgIpc) is 2.91. The van der Waals surface area contributed by atoms with Crippen molar-refractivity contribution in [3.8, 4) is 0 Å². The second-order valence-electron chi connectivity index (χ2n) is 10.2. The maximum Gasteiger partial charge on any atom is 0.257 e. The average molecular weight is 499 g/mol. The van der Waals surface area contributed by atoms with Gasteiger partial charge in [0.05, 0.1) is 6.61 Å². The lowest BCUT2D eigenvalue weighted by Crippen LogP contribution is -2.45. The molecule has 0 bridgehead atoms. The van der Waals surface area contributed by atoms with E-state index >= 15 is 4.39 Å². The lowest BCUT2D eigenvalue weighted by Gasteiger charge is -2.45. The Labute approximate surface area is 213 Å². The zero-order valence-corrected chi connectivity index (χ0v) is 20.4. The van der Waals surface area contributed by atoms with Crippen LogP contribution in [0.1, 0.15) is 41.5 Å². The summed E-state index contributed by atoms with van der Waals surface area (Å²) in [6.07, 6.45) is 4.85. The van der Waals surface area contributed by atoms with E-state index in [1.807, 2.05) is 42.5 Å². The van der Waals surface area contributed by atoms with E-state index in [1.54, 1.807) is 12.1 Å². The van der Waals surface area contributed by atoms with E-state index in [-0.39, 0.29) is 12.2 Å². The molecule has 1 aromatic heterocycles. The van der Waals surface area contributed by atoms with Gasteiger partial charge in [-0.2, -0.15) is 0 Å². The van der Waals surface area contributed by atoms with Gasteiger partial charge in [-0.3, -0.25) is 4.79 Å². The fourth-order valence-corrected chi connectivity index (χ4v) is 6.16. The molecule has 0 radical (unpaired) electrons. The van der Waals surface area contributed by atoms with Crippen molar-refractivity contribution in [1.29, 1.82) is 0 Å². The summed E-state index contributed by atoms with van der Waals surface area (Å²) in [7, 11) is 0. The van der Waals surface area contributed by atoms with Gasteiger partial charge in [-0.25, -0.2) is 8.78 Å². The predicted molar refractivity (Wildman–Crippen MR) is 143 cm³/mol. The minimum atomic E-state index is -0.557. The molecule has 0 saturated carbocycles. The molecular weight excluding hydrogens is 470 g/mol. The number of aliphatic hydroxyl groups excluding tert-OH is 1. The molecule has 6 rings (SSSR count). The highest BCUT2D eigenvalue weighted by Gasteiger charge is 2.42. The van der Waals surface area contributed by atoms with E-state index in [1.165, 1.54) is 6.07 Å². The fraction of sp³-hybridized carbons (Fsp3) is 0.258. The van der Waals surface area contributed by atoms with Crippen molar-refractivity contribution in [3.63, 3.8) is 0 Å². The Morgan fingerprint density at radius 2 is 1.73 bits per heavy atom. The molecular formula is C31H28F2N2O2. The Bertz CT molecular complexity index is 1570. The summed E-state index contributed by atoms with van der Waals surface area (Å²) in [6, 6.07) is 19.7. The van der Waals surface area contributed by atoms with Crippen molar-refractivity contribution in [2.75, 3.05) is 18.0 Å². The van der Waals surface area contributed by atoms with E-state index in [0.29, 0.717) is 66.7 Å². The molecule has 2 heterocycles. The van der Waals surface area contributed by atoms with Crippen LogP contribution in [0.25, 0.3) is 16.3 Å². The standard InChI is InChI=1S/C31H28F2N2O2/c32-23-16-26-21(15-20-5-2-1-3-6-20)9-10-31(29(26)27(33)17-23)11-13-35(14-12-31)28-18-25-22(19-36)7-4-8-24(25)30(37)34-28/h1-9,16-18,36H,10-15,19H2,(H,34,37). The first kappa shape index (κ1) is 23.6. The fourth-order valence-electron chi connectivity index (χ4n) is 6.16. The Morgan fingerprint density at radius 3 is 2.49 bits per heavy atom. The normalized spacial score (nSPS) is 16.6. The SMILES string of the molecule is O=c1[nH]c(N2CCC3(CC=C(Cc4ccccc4)c4cc(F)cc(F)c43)CC2)cc2c(CO)cccc12. The number of pyridine rings is 1. The molecule has 1 aliphatic heterocycles. The number of aliphatic hydroxyl groups is 1. The van der Waals surface area contributed by atoms with Crippen LogP contribution in [0.2, 0.25) is 0 Å². The number of piperidine rings is 1. The quantitative estimate of drug-likeness (QED) is 0.370. The third-order valence-corrected chi connectivity index (χ3v) is 8.10. The van der Waals surface area contributed by atoms with E-state index in [9.17, 15) is 14.3 Å². The number of aromatic amines is 1. The van der Waals surface area contributed by atoms with Crippen LogP contribution in [-0.2, 0) is 18.4 Å². The summed E-state index contributed by atoms with van der Waals surface area (Å²) < 4.78 is 29.9. The van der Waals surface area contributed by atoms with Crippen LogP contribution >= 0.6 is 0 Å². The van der Waals surface area contributed by atoms with Crippen molar-refractivity contribution in [2.24, 2.45) is 0 Å². The minimum Gasteiger partial charge on any atom is -0.392 e. The first-order valence-corrected chi connectivity index (χ1v) is 12.7. The van der Waals surface area contributed by atoms with Crippen molar-refractivity contribution in [1.82, 2.24) is 4.98 Å². The molecule has 188 valence electrons. The van der Waals surface area contributed by atoms with Crippen molar-refractivity contribution in [2.45, 2.75) is 37.7 Å². The molecule has 2 N–H and O–H groups in total.